The van der Waals surface area contributed by atoms with Crippen LogP contribution in [0, 0.1) is 0 Å². The van der Waals surface area contributed by atoms with Gasteiger partial charge in [-0.25, -0.2) is 0 Å². The third kappa shape index (κ3) is 5.89. The van der Waals surface area contributed by atoms with E-state index < -0.39 is 11.7 Å². The molecular formula is C28H33N5O4. The number of aromatic nitrogens is 1. The molecule has 1 atom stereocenters. The van der Waals surface area contributed by atoms with Crippen LogP contribution < -0.4 is 10.6 Å². The minimum Gasteiger partial charge on any atom is -0.359 e. The molecule has 2 heterocycles. The van der Waals surface area contributed by atoms with Crippen molar-refractivity contribution in [3.05, 3.63) is 65.9 Å². The van der Waals surface area contributed by atoms with Crippen LogP contribution in [0.3, 0.4) is 0 Å². The van der Waals surface area contributed by atoms with Crippen LogP contribution in [0.4, 0.5) is 5.69 Å². The van der Waals surface area contributed by atoms with Gasteiger partial charge >= 0.3 is 0 Å². The maximum atomic E-state index is 13.3. The highest BCUT2D eigenvalue weighted by Gasteiger charge is 2.34. The maximum Gasteiger partial charge on any atom is 0.295 e. The summed E-state index contributed by atoms with van der Waals surface area (Å²) in [5, 5.41) is 6.56. The Morgan fingerprint density at radius 3 is 2.41 bits per heavy atom. The molecule has 4 rings (SSSR count). The molecular weight excluding hydrogens is 470 g/mol. The summed E-state index contributed by atoms with van der Waals surface area (Å²) < 4.78 is 0. The first-order valence-corrected chi connectivity index (χ1v) is 12.4. The van der Waals surface area contributed by atoms with Crippen LogP contribution >= 0.6 is 0 Å². The number of nitrogens with zero attached hydrogens (tertiary/aromatic N) is 2. The number of carbonyl (C=O) groups excluding carboxylic acids is 4. The summed E-state index contributed by atoms with van der Waals surface area (Å²) >= 11 is 0. The lowest BCUT2D eigenvalue weighted by Crippen LogP contribution is -2.56. The standard InChI is InChI=1S/C28H33N5O4/c1-18-17-32(26(36)19-9-6-5-7-10-19)13-14-33(18)27(37)25(35)21-15-29-24-20(21)11-8-12-22(24)31-23(34)16-30-28(2,3)4/h5-12,15,18,29-30H,13-14,16-17H2,1-4H3,(H,31,34)/t18-/m1/s1. The number of carbonyl (C=O) groups is 4. The molecule has 9 nitrogen and oxygen atoms in total. The molecule has 1 aromatic heterocycles. The van der Waals surface area contributed by atoms with Gasteiger partial charge in [0.1, 0.15) is 0 Å². The Morgan fingerprint density at radius 1 is 1.00 bits per heavy atom. The van der Waals surface area contributed by atoms with E-state index in [1.54, 1.807) is 35.2 Å². The predicted molar refractivity (Wildman–Crippen MR) is 143 cm³/mol. The number of para-hydroxylation sites is 1. The van der Waals surface area contributed by atoms with E-state index in [0.29, 0.717) is 35.2 Å². The first-order valence-electron chi connectivity index (χ1n) is 12.4. The van der Waals surface area contributed by atoms with Gasteiger partial charge in [0.15, 0.2) is 0 Å². The van der Waals surface area contributed by atoms with E-state index in [9.17, 15) is 19.2 Å². The van der Waals surface area contributed by atoms with Gasteiger partial charge < -0.3 is 25.4 Å². The number of amides is 3. The Morgan fingerprint density at radius 2 is 1.73 bits per heavy atom. The number of hydrogen-bond acceptors (Lipinski definition) is 5. The van der Waals surface area contributed by atoms with E-state index in [1.165, 1.54) is 11.1 Å². The topological polar surface area (TPSA) is 115 Å². The SMILES string of the molecule is C[C@@H]1CN(C(=O)c2ccccc2)CCN1C(=O)C(=O)c1c[nH]c2c(NC(=O)CNC(C)(C)C)cccc12. The summed E-state index contributed by atoms with van der Waals surface area (Å²) in [6.07, 6.45) is 1.51. The zero-order valence-corrected chi connectivity index (χ0v) is 21.6. The van der Waals surface area contributed by atoms with E-state index in [0.717, 1.165) is 0 Å². The highest BCUT2D eigenvalue weighted by molar-refractivity contribution is 6.45. The van der Waals surface area contributed by atoms with Crippen molar-refractivity contribution in [3.8, 4) is 0 Å². The lowest BCUT2D eigenvalue weighted by atomic mass is 10.1. The smallest absolute Gasteiger partial charge is 0.295 e. The maximum absolute atomic E-state index is 13.3. The summed E-state index contributed by atoms with van der Waals surface area (Å²) in [5.74, 6) is -1.53. The molecule has 3 N–H and O–H groups in total. The Bertz CT molecular complexity index is 1330. The molecule has 37 heavy (non-hydrogen) atoms. The molecule has 0 spiro atoms. The fourth-order valence-electron chi connectivity index (χ4n) is 4.44. The molecule has 2 aromatic carbocycles. The average molecular weight is 504 g/mol. The number of hydrogen-bond donors (Lipinski definition) is 3. The van der Waals surface area contributed by atoms with Crippen LogP contribution in [0.15, 0.2) is 54.7 Å². The Hall–Kier alpha value is -3.98. The van der Waals surface area contributed by atoms with Crippen molar-refractivity contribution in [1.29, 1.82) is 0 Å². The fourth-order valence-corrected chi connectivity index (χ4v) is 4.44. The van der Waals surface area contributed by atoms with Gasteiger partial charge in [-0.15, -0.1) is 0 Å². The van der Waals surface area contributed by atoms with Crippen molar-refractivity contribution in [2.75, 3.05) is 31.5 Å². The second-order valence-corrected chi connectivity index (χ2v) is 10.4. The van der Waals surface area contributed by atoms with Gasteiger partial charge in [-0.05, 0) is 45.9 Å². The second kappa shape index (κ2) is 10.6. The monoisotopic (exact) mass is 503 g/mol. The Labute approximate surface area is 216 Å². The number of aromatic amines is 1. The van der Waals surface area contributed by atoms with Gasteiger partial charge in [0.25, 0.3) is 17.6 Å². The average Bonchev–Trinajstić information content (AvgIpc) is 3.31. The lowest BCUT2D eigenvalue weighted by Gasteiger charge is -2.39. The van der Waals surface area contributed by atoms with Crippen molar-refractivity contribution in [3.63, 3.8) is 0 Å². The molecule has 0 unspecified atom stereocenters. The summed E-state index contributed by atoms with van der Waals surface area (Å²) in [7, 11) is 0. The first-order chi connectivity index (χ1) is 17.5. The van der Waals surface area contributed by atoms with Crippen molar-refractivity contribution >= 4 is 40.1 Å². The number of fused-ring (bicyclic) bond motifs is 1. The fraction of sp³-hybridized carbons (Fsp3) is 0.357. The van der Waals surface area contributed by atoms with Gasteiger partial charge in [-0.3, -0.25) is 19.2 Å². The van der Waals surface area contributed by atoms with Crippen LogP contribution in [0.5, 0.6) is 0 Å². The van der Waals surface area contributed by atoms with E-state index in [1.807, 2.05) is 45.9 Å². The first kappa shape index (κ1) is 26.1. The quantitative estimate of drug-likeness (QED) is 0.353. The van der Waals surface area contributed by atoms with Gasteiger partial charge in [-0.2, -0.15) is 0 Å². The number of nitrogens with one attached hydrogen (secondary N) is 3. The molecule has 1 aliphatic heterocycles. The normalized spacial score (nSPS) is 16.1. The molecule has 1 saturated heterocycles. The molecule has 0 aliphatic carbocycles. The number of benzene rings is 2. The minimum atomic E-state index is -0.626. The van der Waals surface area contributed by atoms with E-state index >= 15 is 0 Å². The summed E-state index contributed by atoms with van der Waals surface area (Å²) in [6.45, 7) is 8.87. The largest absolute Gasteiger partial charge is 0.359 e. The third-order valence-corrected chi connectivity index (χ3v) is 6.40. The number of ketones is 1. The van der Waals surface area contributed by atoms with Gasteiger partial charge in [0.2, 0.25) is 5.91 Å². The van der Waals surface area contributed by atoms with Crippen LogP contribution in [0.1, 0.15) is 48.4 Å². The minimum absolute atomic E-state index is 0.0882. The second-order valence-electron chi connectivity index (χ2n) is 10.4. The molecule has 1 aliphatic rings. The molecule has 0 radical (unpaired) electrons. The van der Waals surface area contributed by atoms with E-state index in [2.05, 4.69) is 15.6 Å². The molecule has 3 amide bonds. The molecule has 1 fully saturated rings. The van der Waals surface area contributed by atoms with Crippen molar-refractivity contribution in [2.45, 2.75) is 39.3 Å². The van der Waals surface area contributed by atoms with Gasteiger partial charge in [-0.1, -0.05) is 30.3 Å². The number of H-pyrrole nitrogens is 1. The van der Waals surface area contributed by atoms with Crippen LogP contribution in [0.25, 0.3) is 10.9 Å². The summed E-state index contributed by atoms with van der Waals surface area (Å²) in [4.78, 5) is 58.0. The molecule has 0 saturated carbocycles. The van der Waals surface area contributed by atoms with Gasteiger partial charge in [0.05, 0.1) is 23.3 Å². The Balaban J connectivity index is 1.45. The number of anilines is 1. The highest BCUT2D eigenvalue weighted by Crippen LogP contribution is 2.27. The Kier molecular flexibility index (Phi) is 7.45. The third-order valence-electron chi connectivity index (χ3n) is 6.40. The number of piperazine rings is 1. The predicted octanol–water partition coefficient (Wildman–Crippen LogP) is 3.05. The number of Topliss-reactive ketones (excluding diaryl/α,β-unsaturated/α-hetero) is 1. The van der Waals surface area contributed by atoms with Crippen LogP contribution in [-0.2, 0) is 9.59 Å². The zero-order chi connectivity index (χ0) is 26.7. The van der Waals surface area contributed by atoms with Crippen molar-refractivity contribution < 1.29 is 19.2 Å². The molecule has 9 heteroatoms. The summed E-state index contributed by atoms with van der Waals surface area (Å²) in [5.41, 5.74) is 1.76. The summed E-state index contributed by atoms with van der Waals surface area (Å²) in [6, 6.07) is 13.9. The molecule has 0 bridgehead atoms. The van der Waals surface area contributed by atoms with Crippen molar-refractivity contribution in [2.24, 2.45) is 0 Å². The van der Waals surface area contributed by atoms with E-state index in [4.69, 9.17) is 0 Å². The van der Waals surface area contributed by atoms with Crippen LogP contribution in [0.2, 0.25) is 0 Å². The number of rotatable bonds is 6. The van der Waals surface area contributed by atoms with Crippen molar-refractivity contribution in [1.82, 2.24) is 20.1 Å². The molecule has 194 valence electrons. The zero-order valence-electron chi connectivity index (χ0n) is 21.6. The van der Waals surface area contributed by atoms with E-state index in [-0.39, 0.29) is 42.0 Å². The lowest BCUT2D eigenvalue weighted by molar-refractivity contribution is -0.130. The van der Waals surface area contributed by atoms with Gasteiger partial charge in [0, 0.05) is 48.4 Å². The van der Waals surface area contributed by atoms with Crippen LogP contribution in [-0.4, -0.2) is 76.0 Å². The molecule has 3 aromatic rings. The highest BCUT2D eigenvalue weighted by atomic mass is 16.2.